The van der Waals surface area contributed by atoms with Crippen molar-refractivity contribution < 1.29 is 59.4 Å². The van der Waals surface area contributed by atoms with Crippen molar-refractivity contribution in [2.75, 3.05) is 19.0 Å². The SMILES string of the molecule is CN(C)c1ccnc(S(=O)(=O)O)c1.FC(F)(F)c1[c-]c(-c2ccccn2)cc(C(F)(F)F)c1.[Ir]. The van der Waals surface area contributed by atoms with E-state index in [2.05, 4.69) is 9.97 Å². The first-order valence-electron chi connectivity index (χ1n) is 8.83. The molecule has 0 aliphatic rings. The average molecular weight is 685 g/mol. The molecule has 0 amide bonds. The van der Waals surface area contributed by atoms with Crippen LogP contribution >= 0.6 is 0 Å². The van der Waals surface area contributed by atoms with Crippen molar-refractivity contribution in [1.29, 1.82) is 0 Å². The van der Waals surface area contributed by atoms with Crippen molar-refractivity contribution in [1.82, 2.24) is 9.97 Å². The molecule has 14 heteroatoms. The molecule has 0 unspecified atom stereocenters. The average Bonchev–Trinajstić information content (AvgIpc) is 2.73. The molecule has 2 heterocycles. The van der Waals surface area contributed by atoms with Crippen LogP contribution < -0.4 is 4.90 Å². The van der Waals surface area contributed by atoms with Gasteiger partial charge < -0.3 is 9.88 Å². The Labute approximate surface area is 204 Å². The number of halogens is 6. The normalized spacial score (nSPS) is 11.7. The van der Waals surface area contributed by atoms with Gasteiger partial charge in [-0.2, -0.15) is 34.8 Å². The standard InChI is InChI=1S/C13H6F6N.C7H10N2O3S.Ir/c14-12(15,16)9-5-8(11-3-1-2-4-20-11)6-10(7-9)13(17,18)19;1-9(2)6-3-4-8-7(5-6)13(10,11)12;/h1-5,7H;3-5H,1-2H3,(H,10,11,12);/q-1;;. The summed E-state index contributed by atoms with van der Waals surface area (Å²) in [5.41, 5.74) is -2.56. The maximum absolute atomic E-state index is 12.7. The Morgan fingerprint density at radius 1 is 0.912 bits per heavy atom. The molecule has 0 aliphatic heterocycles. The quantitative estimate of drug-likeness (QED) is 0.238. The van der Waals surface area contributed by atoms with Crippen molar-refractivity contribution >= 4 is 15.8 Å². The molecule has 3 aromatic rings. The number of hydrogen-bond donors (Lipinski definition) is 1. The van der Waals surface area contributed by atoms with Gasteiger partial charge in [-0.15, -0.1) is 23.8 Å². The van der Waals surface area contributed by atoms with E-state index in [-0.39, 0.29) is 42.5 Å². The zero-order valence-corrected chi connectivity index (χ0v) is 20.5. The van der Waals surface area contributed by atoms with Crippen LogP contribution in [0.25, 0.3) is 11.3 Å². The molecule has 0 fully saturated rings. The second-order valence-corrected chi connectivity index (χ2v) is 8.00. The minimum absolute atomic E-state index is 0. The molecule has 6 nitrogen and oxygen atoms in total. The Balaban J connectivity index is 0.000000360. The molecular formula is C20H16F6IrN3O3S-. The number of benzene rings is 1. The Kier molecular flexibility index (Phi) is 9.76. The Morgan fingerprint density at radius 2 is 1.56 bits per heavy atom. The van der Waals surface area contributed by atoms with Gasteiger partial charge in [0.05, 0.1) is 0 Å². The second kappa shape index (κ2) is 11.3. The monoisotopic (exact) mass is 685 g/mol. The molecule has 2 aromatic heterocycles. The van der Waals surface area contributed by atoms with E-state index in [0.717, 1.165) is 0 Å². The van der Waals surface area contributed by atoms with Crippen LogP contribution in [-0.2, 0) is 42.6 Å². The summed E-state index contributed by atoms with van der Waals surface area (Å²) in [7, 11) is -0.663. The van der Waals surface area contributed by atoms with E-state index in [0.29, 0.717) is 11.8 Å². The van der Waals surface area contributed by atoms with Gasteiger partial charge in [-0.05, 0) is 29.0 Å². The van der Waals surface area contributed by atoms with Crippen LogP contribution in [0.1, 0.15) is 11.1 Å². The predicted octanol–water partition coefficient (Wildman–Crippen LogP) is 4.98. The molecule has 34 heavy (non-hydrogen) atoms. The van der Waals surface area contributed by atoms with Gasteiger partial charge in [0, 0.05) is 58.3 Å². The number of nitrogens with zero attached hydrogens (tertiary/aromatic N) is 3. The molecule has 1 N–H and O–H groups in total. The first-order chi connectivity index (χ1) is 15.1. The smallest absolute Gasteiger partial charge is 0.378 e. The minimum Gasteiger partial charge on any atom is -0.378 e. The van der Waals surface area contributed by atoms with Crippen LogP contribution in [0.15, 0.2) is 59.9 Å². The fourth-order valence-corrected chi connectivity index (χ4v) is 2.83. The topological polar surface area (TPSA) is 83.4 Å². The van der Waals surface area contributed by atoms with Crippen molar-refractivity contribution in [3.8, 4) is 11.3 Å². The van der Waals surface area contributed by atoms with Gasteiger partial charge >= 0.3 is 22.5 Å². The third kappa shape index (κ3) is 8.35. The van der Waals surface area contributed by atoms with Crippen molar-refractivity contribution in [2.24, 2.45) is 0 Å². The Hall–Kier alpha value is -2.54. The number of aromatic nitrogens is 2. The minimum atomic E-state index is -4.91. The summed E-state index contributed by atoms with van der Waals surface area (Å²) in [4.78, 5) is 8.98. The van der Waals surface area contributed by atoms with Gasteiger partial charge in [0.25, 0.3) is 0 Å². The fraction of sp³-hybridized carbons (Fsp3) is 0.200. The molecule has 0 bridgehead atoms. The van der Waals surface area contributed by atoms with E-state index in [9.17, 15) is 34.8 Å². The molecule has 0 atom stereocenters. The van der Waals surface area contributed by atoms with Crippen LogP contribution in [0.4, 0.5) is 32.0 Å². The van der Waals surface area contributed by atoms with Gasteiger partial charge in [0.2, 0.25) is 0 Å². The Bertz CT molecular complexity index is 1170. The summed E-state index contributed by atoms with van der Waals surface area (Å²) in [5.74, 6) is 0. The molecule has 0 aliphatic carbocycles. The van der Waals surface area contributed by atoms with Crippen LogP contribution in [0.2, 0.25) is 0 Å². The van der Waals surface area contributed by atoms with Gasteiger partial charge in [-0.3, -0.25) is 4.55 Å². The van der Waals surface area contributed by atoms with E-state index < -0.39 is 33.6 Å². The molecule has 1 aromatic carbocycles. The van der Waals surface area contributed by atoms with E-state index in [1.165, 1.54) is 36.7 Å². The van der Waals surface area contributed by atoms with Gasteiger partial charge in [-0.1, -0.05) is 12.1 Å². The third-order valence-electron chi connectivity index (χ3n) is 3.94. The summed E-state index contributed by atoms with van der Waals surface area (Å²) in [6, 6.07) is 9.78. The van der Waals surface area contributed by atoms with E-state index in [1.807, 2.05) is 6.07 Å². The summed E-state index contributed by atoms with van der Waals surface area (Å²) < 4.78 is 106. The largest absolute Gasteiger partial charge is 0.399 e. The molecule has 3 rings (SSSR count). The molecule has 0 saturated carbocycles. The number of anilines is 1. The van der Waals surface area contributed by atoms with E-state index >= 15 is 0 Å². The van der Waals surface area contributed by atoms with Crippen molar-refractivity contribution in [3.05, 3.63) is 72.1 Å². The molecule has 0 spiro atoms. The van der Waals surface area contributed by atoms with Gasteiger partial charge in [0.1, 0.15) is 0 Å². The zero-order chi connectivity index (χ0) is 25.0. The molecular weight excluding hydrogens is 669 g/mol. The van der Waals surface area contributed by atoms with E-state index in [4.69, 9.17) is 4.55 Å². The summed E-state index contributed by atoms with van der Waals surface area (Å²) in [6.07, 6.45) is -7.18. The number of alkyl halides is 6. The van der Waals surface area contributed by atoms with Crippen LogP contribution in [0.5, 0.6) is 0 Å². The van der Waals surface area contributed by atoms with Crippen LogP contribution in [0.3, 0.4) is 0 Å². The number of pyridine rings is 2. The first-order valence-corrected chi connectivity index (χ1v) is 10.3. The maximum atomic E-state index is 12.7. The van der Waals surface area contributed by atoms with Crippen LogP contribution in [-0.4, -0.2) is 37.0 Å². The fourth-order valence-electron chi connectivity index (χ4n) is 2.36. The molecule has 1 radical (unpaired) electrons. The molecule has 187 valence electrons. The predicted molar refractivity (Wildman–Crippen MR) is 107 cm³/mol. The van der Waals surface area contributed by atoms with E-state index in [1.54, 1.807) is 25.1 Å². The van der Waals surface area contributed by atoms with Gasteiger partial charge in [-0.25, -0.2) is 4.98 Å². The van der Waals surface area contributed by atoms with Gasteiger partial charge in [0.15, 0.2) is 5.03 Å². The third-order valence-corrected chi connectivity index (χ3v) is 4.69. The van der Waals surface area contributed by atoms with Crippen LogP contribution in [0, 0.1) is 6.07 Å². The van der Waals surface area contributed by atoms with Crippen molar-refractivity contribution in [3.63, 3.8) is 0 Å². The maximum Gasteiger partial charge on any atom is 0.399 e. The first kappa shape index (κ1) is 29.5. The summed E-state index contributed by atoms with van der Waals surface area (Å²) in [6.45, 7) is 0. The Morgan fingerprint density at radius 3 is 2.03 bits per heavy atom. The second-order valence-electron chi connectivity index (χ2n) is 6.63. The number of rotatable bonds is 3. The van der Waals surface area contributed by atoms with Crippen molar-refractivity contribution in [2.45, 2.75) is 17.4 Å². The number of hydrogen-bond acceptors (Lipinski definition) is 5. The molecule has 0 saturated heterocycles. The summed E-state index contributed by atoms with van der Waals surface area (Å²) in [5, 5.41) is -0.335. The summed E-state index contributed by atoms with van der Waals surface area (Å²) >= 11 is 0. The zero-order valence-electron chi connectivity index (χ0n) is 17.3.